The number of carbonyl (C=O) groups is 4. The van der Waals surface area contributed by atoms with Gasteiger partial charge in [-0.05, 0) is 352 Å². The van der Waals surface area contributed by atoms with Crippen LogP contribution in [0.3, 0.4) is 0 Å². The largest absolute Gasteiger partial charge is 0.508 e. The number of carbonyl (C=O) groups excluding carboxylic acids is 4. The van der Waals surface area contributed by atoms with E-state index in [1.807, 2.05) is 0 Å². The van der Waals surface area contributed by atoms with Crippen molar-refractivity contribution < 1.29 is 57.1 Å². The number of cyclic esters (lactones) is 8. The Morgan fingerprint density at radius 2 is 0.569 bits per heavy atom. The second-order valence-electron chi connectivity index (χ2n) is 38.3. The van der Waals surface area contributed by atoms with Gasteiger partial charge in [0.2, 0.25) is 0 Å². The van der Waals surface area contributed by atoms with Gasteiger partial charge < -0.3 is 37.9 Å². The fourth-order valence-corrected chi connectivity index (χ4v) is 17.7. The first kappa shape index (κ1) is 104. The molecule has 0 aromatic rings. The molecule has 4 aliphatic rings. The molecule has 0 saturated carbocycles. The maximum absolute atomic E-state index is 11.3. The number of rotatable bonds is 46. The van der Waals surface area contributed by atoms with Gasteiger partial charge >= 0.3 is 24.6 Å². The van der Waals surface area contributed by atoms with Gasteiger partial charge in [0.05, 0.1) is 0 Å². The zero-order valence-corrected chi connectivity index (χ0v) is 80.7. The third-order valence-corrected chi connectivity index (χ3v) is 31.6. The highest BCUT2D eigenvalue weighted by Gasteiger charge is 2.36. The Hall–Kier alpha value is -6.04. The van der Waals surface area contributed by atoms with E-state index in [0.717, 1.165) is 85.9 Å². The van der Waals surface area contributed by atoms with Gasteiger partial charge in [-0.25, -0.2) is 19.2 Å². The highest BCUT2D eigenvalue weighted by atomic mass is 16.8. The summed E-state index contributed by atoms with van der Waals surface area (Å²) in [5.74, 6) is 12.9. The summed E-state index contributed by atoms with van der Waals surface area (Å²) in [4.78, 5) is 44.9. The van der Waals surface area contributed by atoms with Gasteiger partial charge in [0.15, 0.2) is 0 Å². The van der Waals surface area contributed by atoms with Crippen LogP contribution in [0.4, 0.5) is 19.2 Å². The van der Waals surface area contributed by atoms with Crippen molar-refractivity contribution in [2.45, 2.75) is 357 Å². The van der Waals surface area contributed by atoms with E-state index in [1.54, 1.807) is 0 Å². The lowest BCUT2D eigenvalue weighted by Crippen LogP contribution is -2.31. The number of allylic oxidation sites excluding steroid dienone is 23. The van der Waals surface area contributed by atoms with Crippen LogP contribution in [-0.4, -0.2) is 75.5 Å². The quantitative estimate of drug-likeness (QED) is 0.0325. The Bertz CT molecular complexity index is 3460. The van der Waals surface area contributed by atoms with Crippen LogP contribution in [0.1, 0.15) is 333 Å². The van der Waals surface area contributed by atoms with Crippen LogP contribution in [0.15, 0.2) is 137 Å². The molecule has 4 fully saturated rings. The first-order chi connectivity index (χ1) is 54.2. The second kappa shape index (κ2) is 50.9. The fourth-order valence-electron chi connectivity index (χ4n) is 17.7. The van der Waals surface area contributed by atoms with Gasteiger partial charge in [-0.3, -0.25) is 0 Å². The molecular formula is C104H172O12. The van der Waals surface area contributed by atoms with Crippen LogP contribution in [0, 0.1) is 112 Å². The lowest BCUT2D eigenvalue weighted by atomic mass is 9.67. The summed E-state index contributed by atoms with van der Waals surface area (Å²) in [6, 6.07) is 0. The molecule has 116 heavy (non-hydrogen) atoms. The number of hydrogen-bond donors (Lipinski definition) is 0. The van der Waals surface area contributed by atoms with Gasteiger partial charge in [0.1, 0.15) is 50.8 Å². The van der Waals surface area contributed by atoms with E-state index < -0.39 is 24.6 Å². The van der Waals surface area contributed by atoms with Crippen molar-refractivity contribution in [1.29, 1.82) is 0 Å². The summed E-state index contributed by atoms with van der Waals surface area (Å²) in [7, 11) is 0. The van der Waals surface area contributed by atoms with E-state index in [-0.39, 0.29) is 30.3 Å². The van der Waals surface area contributed by atoms with E-state index in [9.17, 15) is 19.2 Å². The zero-order chi connectivity index (χ0) is 88.0. The summed E-state index contributed by atoms with van der Waals surface area (Å²) in [6.45, 7) is 86.3. The first-order valence-electron chi connectivity index (χ1n) is 45.6. The minimum atomic E-state index is -0.579. The Kier molecular flexibility index (Phi) is 45.7. The molecule has 12 nitrogen and oxygen atoms in total. The lowest BCUT2D eigenvalue weighted by Gasteiger charge is -2.39. The Morgan fingerprint density at radius 3 is 0.879 bits per heavy atom. The molecule has 0 amide bonds. The van der Waals surface area contributed by atoms with Crippen LogP contribution >= 0.6 is 0 Å². The summed E-state index contributed by atoms with van der Waals surface area (Å²) in [6.07, 6.45) is 26.8. The Labute approximate surface area is 711 Å². The summed E-state index contributed by atoms with van der Waals surface area (Å²) in [5.41, 5.74) is 21.8. The topological polar surface area (TPSA) is 142 Å². The second-order valence-corrected chi connectivity index (χ2v) is 38.3. The van der Waals surface area contributed by atoms with Crippen molar-refractivity contribution in [2.75, 3.05) is 26.4 Å². The molecular weight excluding hydrogens is 1440 g/mol. The average molecular weight is 1610 g/mol. The van der Waals surface area contributed by atoms with E-state index in [1.165, 1.54) is 133 Å². The minimum Gasteiger partial charge on any atom is -0.430 e. The van der Waals surface area contributed by atoms with Gasteiger partial charge in [-0.15, -0.1) is 0 Å². The van der Waals surface area contributed by atoms with E-state index in [0.29, 0.717) is 92.0 Å². The number of ether oxygens (including phenoxy) is 8. The third-order valence-electron chi connectivity index (χ3n) is 31.6. The molecule has 4 heterocycles. The molecule has 23 atom stereocenters. The average Bonchev–Trinajstić information content (AvgIpc) is 1.65. The summed E-state index contributed by atoms with van der Waals surface area (Å²) in [5, 5.41) is 0. The Morgan fingerprint density at radius 1 is 0.302 bits per heavy atom. The molecule has 0 aliphatic carbocycles. The fraction of sp³-hybridized carbons (Fsp3) is 0.731. The predicted octanol–water partition coefficient (Wildman–Crippen LogP) is 30.6. The normalized spacial score (nSPS) is 24.3. The van der Waals surface area contributed by atoms with E-state index in [4.69, 9.17) is 37.9 Å². The first-order valence-corrected chi connectivity index (χ1v) is 45.6. The van der Waals surface area contributed by atoms with Crippen molar-refractivity contribution in [3.8, 4) is 0 Å². The molecule has 12 heteroatoms. The van der Waals surface area contributed by atoms with Gasteiger partial charge in [0, 0.05) is 6.42 Å². The Balaban J connectivity index is 0.000000600. The molecule has 23 unspecified atom stereocenters. The molecule has 0 aromatic carbocycles. The summed E-state index contributed by atoms with van der Waals surface area (Å²) >= 11 is 0. The van der Waals surface area contributed by atoms with Crippen LogP contribution in [-0.2, 0) is 37.9 Å². The van der Waals surface area contributed by atoms with Crippen LogP contribution in [0.25, 0.3) is 0 Å². The van der Waals surface area contributed by atoms with Crippen molar-refractivity contribution in [3.63, 3.8) is 0 Å². The predicted molar refractivity (Wildman–Crippen MR) is 487 cm³/mol. The molecule has 0 bridgehead atoms. The van der Waals surface area contributed by atoms with Crippen LogP contribution < -0.4 is 0 Å². The molecule has 0 aromatic heterocycles. The van der Waals surface area contributed by atoms with Crippen molar-refractivity contribution in [3.05, 3.63) is 137 Å². The highest BCUT2D eigenvalue weighted by molar-refractivity contribution is 5.63. The highest BCUT2D eigenvalue weighted by Crippen LogP contribution is 2.43. The maximum atomic E-state index is 11.3. The van der Waals surface area contributed by atoms with E-state index >= 15 is 0 Å². The number of hydrogen-bond acceptors (Lipinski definition) is 12. The smallest absolute Gasteiger partial charge is 0.430 e. The van der Waals surface area contributed by atoms with Crippen LogP contribution in [0.5, 0.6) is 0 Å². The minimum absolute atomic E-state index is 0.0516. The SMILES string of the molecule is CC(=CC=C(C)C(C)=C(C)C(C)=C(C)C(C)C=CC(C)=C(C)C(C)=C(C)C(C)=C(C)C=CCC1COC(=O)O1)C(C)=C(C)C(C)=C(C)C(C)=CCCC1COC(=O)O1.CC(CCCC1COC(=O)O1)C(C)C(C)C(C)C(C)C(C)CCC(C)C(C)C(C)C(C)C(C)C(C)CCC(C)C(C)C(C)C(C)C(C)C(C)CCCC1COC(=O)O1. The molecule has 660 valence electrons. The van der Waals surface area contributed by atoms with Gasteiger partial charge in [-0.1, -0.05) is 224 Å². The lowest BCUT2D eigenvalue weighted by molar-refractivity contribution is 0.105. The molecule has 0 N–H and O–H groups in total. The standard InChI is InChI=1S/C52H98O6.C52H74O6/c2*1-31(21-19-23-49-29-55-51(53)57-49)37(7)43(13)45(15)39(9)33(3)25-27-35(5)41(11)47(17)48(18)42(12)36(6)28-26-34(4)40(10)46(16)44(14)38(8)32(2)22-20-24-50-30-56-52(54)58-50/h31-50H,19-30H2,1-18H3;19,21-22,25-28,35,49-50H,20,23-24,29-30H2,1-18H3. The monoisotopic (exact) mass is 1610 g/mol. The molecule has 4 rings (SSSR count). The third kappa shape index (κ3) is 32.8. The molecule has 4 aliphatic heterocycles. The molecule has 0 radical (unpaired) electrons. The van der Waals surface area contributed by atoms with Crippen molar-refractivity contribution in [2.24, 2.45) is 112 Å². The van der Waals surface area contributed by atoms with Crippen molar-refractivity contribution >= 4 is 24.6 Å². The van der Waals surface area contributed by atoms with E-state index in [2.05, 4.69) is 292 Å². The molecule has 0 spiro atoms. The van der Waals surface area contributed by atoms with Gasteiger partial charge in [0.25, 0.3) is 0 Å². The summed E-state index contributed by atoms with van der Waals surface area (Å²) < 4.78 is 40.5. The molecule has 4 saturated heterocycles. The van der Waals surface area contributed by atoms with Crippen LogP contribution in [0.2, 0.25) is 0 Å². The van der Waals surface area contributed by atoms with Crippen molar-refractivity contribution in [1.82, 2.24) is 0 Å². The van der Waals surface area contributed by atoms with Gasteiger partial charge in [-0.2, -0.15) is 0 Å². The zero-order valence-electron chi connectivity index (χ0n) is 80.7. The maximum Gasteiger partial charge on any atom is 0.508 e.